The van der Waals surface area contributed by atoms with E-state index in [4.69, 9.17) is 18.9 Å². The fraction of sp³-hybridized carbons (Fsp3) is 0.744. The first-order valence-corrected chi connectivity index (χ1v) is 19.1. The molecule has 1 fully saturated rings. The van der Waals surface area contributed by atoms with Crippen molar-refractivity contribution in [3.63, 3.8) is 0 Å². The molecule has 2 rings (SSSR count). The van der Waals surface area contributed by atoms with Crippen molar-refractivity contribution in [2.45, 2.75) is 118 Å². The number of benzene rings is 1. The van der Waals surface area contributed by atoms with Gasteiger partial charge in [0.2, 0.25) is 0 Å². The molecular formula is C39H65BrN4O8. The third kappa shape index (κ3) is 20.6. The molecule has 0 unspecified atom stereocenters. The van der Waals surface area contributed by atoms with Crippen molar-refractivity contribution in [2.24, 2.45) is 0 Å². The second-order valence-electron chi connectivity index (χ2n) is 17.6. The average Bonchev–Trinajstić information content (AvgIpc) is 2.92. The largest absolute Gasteiger partial charge is 0.459 e. The van der Waals surface area contributed by atoms with Crippen LogP contribution >= 0.6 is 15.9 Å². The zero-order valence-electron chi connectivity index (χ0n) is 33.8. The van der Waals surface area contributed by atoms with Crippen LogP contribution in [-0.4, -0.2) is 144 Å². The Morgan fingerprint density at radius 3 is 1.25 bits per heavy atom. The van der Waals surface area contributed by atoms with Gasteiger partial charge in [-0.2, -0.15) is 0 Å². The van der Waals surface area contributed by atoms with Gasteiger partial charge in [0.05, 0.1) is 26.2 Å². The van der Waals surface area contributed by atoms with E-state index < -0.39 is 22.4 Å². The van der Waals surface area contributed by atoms with Crippen LogP contribution in [0.2, 0.25) is 0 Å². The summed E-state index contributed by atoms with van der Waals surface area (Å²) in [5.74, 6) is -1.43. The van der Waals surface area contributed by atoms with Crippen molar-refractivity contribution >= 4 is 39.8 Å². The zero-order valence-corrected chi connectivity index (χ0v) is 35.4. The molecule has 12 nitrogen and oxygen atoms in total. The van der Waals surface area contributed by atoms with Gasteiger partial charge in [0.15, 0.2) is 0 Å². The summed E-state index contributed by atoms with van der Waals surface area (Å²) in [6.07, 6.45) is 0.578. The normalized spacial score (nSPS) is 18.5. The molecule has 1 aliphatic heterocycles. The lowest BCUT2D eigenvalue weighted by atomic mass is 10.0. The van der Waals surface area contributed by atoms with Gasteiger partial charge in [0, 0.05) is 56.3 Å². The summed E-state index contributed by atoms with van der Waals surface area (Å²) in [5, 5.41) is 0. The number of rotatable bonds is 10. The van der Waals surface area contributed by atoms with Crippen molar-refractivity contribution in [3.05, 3.63) is 34.3 Å². The van der Waals surface area contributed by atoms with Crippen LogP contribution in [0.5, 0.6) is 0 Å². The van der Waals surface area contributed by atoms with E-state index in [1.54, 1.807) is 0 Å². The lowest BCUT2D eigenvalue weighted by molar-refractivity contribution is -0.160. The molecule has 0 radical (unpaired) electrons. The van der Waals surface area contributed by atoms with Gasteiger partial charge < -0.3 is 18.9 Å². The number of nitrogens with zero attached hydrogens (tertiary/aromatic N) is 4. The Bertz CT molecular complexity index is 1310. The number of hydrogen-bond donors (Lipinski definition) is 0. The molecule has 1 aromatic carbocycles. The average molecular weight is 798 g/mol. The highest BCUT2D eigenvalue weighted by Gasteiger charge is 2.31. The predicted octanol–water partition coefficient (Wildman–Crippen LogP) is 4.95. The maximum Gasteiger partial charge on any atom is 0.320 e. The fourth-order valence-corrected chi connectivity index (χ4v) is 5.97. The highest BCUT2D eigenvalue weighted by atomic mass is 79.9. The summed E-state index contributed by atoms with van der Waals surface area (Å²) in [6.45, 7) is 25.3. The minimum Gasteiger partial charge on any atom is -0.459 e. The van der Waals surface area contributed by atoms with Gasteiger partial charge in [0.1, 0.15) is 22.4 Å². The van der Waals surface area contributed by atoms with E-state index in [0.29, 0.717) is 52.2 Å². The van der Waals surface area contributed by atoms with Gasteiger partial charge in [-0.1, -0.05) is 28.1 Å². The van der Waals surface area contributed by atoms with Crippen LogP contribution in [0, 0.1) is 0 Å². The molecular weight excluding hydrogens is 732 g/mol. The van der Waals surface area contributed by atoms with E-state index in [0.717, 1.165) is 10.0 Å². The Morgan fingerprint density at radius 1 is 0.538 bits per heavy atom. The molecule has 0 spiro atoms. The molecule has 0 bridgehead atoms. The lowest BCUT2D eigenvalue weighted by Crippen LogP contribution is -2.54. The topological polar surface area (TPSA) is 118 Å². The summed E-state index contributed by atoms with van der Waals surface area (Å²) in [6, 6.07) is 7.82. The van der Waals surface area contributed by atoms with Gasteiger partial charge >= 0.3 is 23.9 Å². The minimum absolute atomic E-state index is 0.0176. The number of carbonyl (C=O) groups excluding carboxylic acids is 4. The second kappa shape index (κ2) is 19.7. The molecule has 0 saturated carbocycles. The number of halogens is 1. The molecule has 0 amide bonds. The third-order valence-electron chi connectivity index (χ3n) is 7.61. The van der Waals surface area contributed by atoms with Crippen molar-refractivity contribution in [3.8, 4) is 0 Å². The summed E-state index contributed by atoms with van der Waals surface area (Å²) < 4.78 is 23.9. The zero-order chi connectivity index (χ0) is 39.5. The Kier molecular flexibility index (Phi) is 17.2. The molecule has 1 heterocycles. The Balaban J connectivity index is 2.59. The van der Waals surface area contributed by atoms with Crippen molar-refractivity contribution in [2.75, 3.05) is 72.0 Å². The minimum atomic E-state index is -0.673. The van der Waals surface area contributed by atoms with Gasteiger partial charge in [-0.25, -0.2) is 0 Å². The lowest BCUT2D eigenvalue weighted by Gasteiger charge is -2.38. The van der Waals surface area contributed by atoms with Crippen LogP contribution in [0.3, 0.4) is 0 Å². The van der Waals surface area contributed by atoms with Gasteiger partial charge in [-0.3, -0.25) is 38.8 Å². The van der Waals surface area contributed by atoms with Crippen LogP contribution in [0.1, 0.15) is 88.6 Å². The standard InChI is InChI=1S/C39H65BrN4O8/c1-36(2,3)49-32(45)25-41-17-18-42(26-33(46)50-37(4,5)6)21-22-44(28-35(48)52-39(10,11)12)31(23-29-13-15-30(40)16-14-29)24-43(20-19-41)27-34(47)51-38(7,8)9/h13-16,31H,17-28H2,1-12H3/t31-/m0/s1. The molecule has 0 aromatic heterocycles. The molecule has 0 aliphatic carbocycles. The molecule has 0 N–H and O–H groups in total. The number of carbonyl (C=O) groups is 4. The number of ether oxygens (including phenoxy) is 4. The van der Waals surface area contributed by atoms with Crippen molar-refractivity contribution < 1.29 is 38.1 Å². The van der Waals surface area contributed by atoms with Crippen LogP contribution in [-0.2, 0) is 44.5 Å². The van der Waals surface area contributed by atoms with E-state index in [2.05, 4.69) is 20.8 Å². The van der Waals surface area contributed by atoms with E-state index in [9.17, 15) is 19.2 Å². The predicted molar refractivity (Wildman–Crippen MR) is 206 cm³/mol. The Morgan fingerprint density at radius 2 is 0.865 bits per heavy atom. The first-order valence-electron chi connectivity index (χ1n) is 18.3. The van der Waals surface area contributed by atoms with Gasteiger partial charge in [0.25, 0.3) is 0 Å². The molecule has 13 heteroatoms. The van der Waals surface area contributed by atoms with Gasteiger partial charge in [-0.15, -0.1) is 0 Å². The van der Waals surface area contributed by atoms with Gasteiger partial charge in [-0.05, 0) is 107 Å². The molecule has 1 aliphatic rings. The Labute approximate surface area is 320 Å². The molecule has 1 saturated heterocycles. The van der Waals surface area contributed by atoms with E-state index in [-0.39, 0.29) is 56.1 Å². The van der Waals surface area contributed by atoms with Crippen LogP contribution in [0.15, 0.2) is 28.7 Å². The van der Waals surface area contributed by atoms with E-state index >= 15 is 0 Å². The van der Waals surface area contributed by atoms with Crippen LogP contribution in [0.4, 0.5) is 0 Å². The maximum absolute atomic E-state index is 13.4. The SMILES string of the molecule is CC(C)(C)OC(=O)CN1CCN(CC(=O)OC(C)(C)C)CCN(CC(=O)OC(C)(C)C)[C@@H](Cc2ccc(Br)cc2)CN(CC(=O)OC(C)(C)C)CC1. The first kappa shape index (κ1) is 45.6. The van der Waals surface area contributed by atoms with Crippen LogP contribution in [0.25, 0.3) is 0 Å². The smallest absolute Gasteiger partial charge is 0.320 e. The highest BCUT2D eigenvalue weighted by Crippen LogP contribution is 2.18. The highest BCUT2D eigenvalue weighted by molar-refractivity contribution is 9.10. The first-order chi connectivity index (χ1) is 23.7. The van der Waals surface area contributed by atoms with E-state index in [1.165, 1.54) is 0 Å². The molecule has 1 atom stereocenters. The second-order valence-corrected chi connectivity index (χ2v) is 18.5. The summed E-state index contributed by atoms with van der Waals surface area (Å²) >= 11 is 3.53. The monoisotopic (exact) mass is 796 g/mol. The Hall–Kier alpha value is -2.58. The summed E-state index contributed by atoms with van der Waals surface area (Å²) in [5.41, 5.74) is -1.57. The maximum atomic E-state index is 13.4. The molecule has 1 aromatic rings. The van der Waals surface area contributed by atoms with Crippen molar-refractivity contribution in [1.29, 1.82) is 0 Å². The van der Waals surface area contributed by atoms with Crippen LogP contribution < -0.4 is 0 Å². The summed E-state index contributed by atoms with van der Waals surface area (Å²) in [4.78, 5) is 61.0. The number of esters is 4. The summed E-state index contributed by atoms with van der Waals surface area (Å²) in [7, 11) is 0. The van der Waals surface area contributed by atoms with Crippen molar-refractivity contribution in [1.82, 2.24) is 19.6 Å². The van der Waals surface area contributed by atoms with E-state index in [1.807, 2.05) is 122 Å². The number of hydrogen-bond acceptors (Lipinski definition) is 12. The third-order valence-corrected chi connectivity index (χ3v) is 8.14. The fourth-order valence-electron chi connectivity index (χ4n) is 5.71. The molecule has 52 heavy (non-hydrogen) atoms. The quantitative estimate of drug-likeness (QED) is 0.236. The molecule has 296 valence electrons.